The fourth-order valence-electron chi connectivity index (χ4n) is 2.51. The monoisotopic (exact) mass is 378 g/mol. The van der Waals surface area contributed by atoms with E-state index in [4.69, 9.17) is 14.5 Å². The zero-order valence-electron chi connectivity index (χ0n) is 15.5. The summed E-state index contributed by atoms with van der Waals surface area (Å²) in [5.74, 6) is -0.253. The molecule has 0 aliphatic heterocycles. The first-order chi connectivity index (χ1) is 12.0. The summed E-state index contributed by atoms with van der Waals surface area (Å²) in [6, 6.07) is 0. The second-order valence-corrected chi connectivity index (χ2v) is 7.47. The van der Waals surface area contributed by atoms with Crippen LogP contribution >= 0.6 is 7.82 Å². The summed E-state index contributed by atoms with van der Waals surface area (Å²) in [5, 5.41) is 0. The normalized spacial score (nSPS) is 12.0. The van der Waals surface area contributed by atoms with E-state index in [1.165, 1.54) is 51.0 Å². The number of unbranched alkanes of at least 4 members (excludes halogenated alkanes) is 11. The first kappa shape index (κ1) is 24.3. The molecule has 25 heavy (non-hydrogen) atoms. The van der Waals surface area contributed by atoms with E-state index >= 15 is 0 Å². The molecular formula is C18H35O6P. The molecule has 0 aliphatic rings. The molecule has 0 saturated heterocycles. The number of hydrogen-bond acceptors (Lipinski definition) is 4. The molecule has 0 aliphatic carbocycles. The molecule has 0 spiro atoms. The van der Waals surface area contributed by atoms with Gasteiger partial charge in [-0.1, -0.05) is 70.3 Å². The van der Waals surface area contributed by atoms with Gasteiger partial charge in [0.1, 0.15) is 0 Å². The lowest BCUT2D eigenvalue weighted by molar-refractivity contribution is -0.137. The van der Waals surface area contributed by atoms with Crippen molar-refractivity contribution in [2.45, 2.75) is 84.0 Å². The van der Waals surface area contributed by atoms with Crippen LogP contribution in [0.5, 0.6) is 0 Å². The van der Waals surface area contributed by atoms with E-state index in [9.17, 15) is 9.36 Å². The molecule has 0 heterocycles. The molecule has 0 atom stereocenters. The molecule has 0 unspecified atom stereocenters. The lowest BCUT2D eigenvalue weighted by Gasteiger charge is -2.05. The van der Waals surface area contributed by atoms with Crippen LogP contribution in [0.15, 0.2) is 12.2 Å². The SMILES string of the molecule is CC=CC(=O)OCCCCCCCCCCCCCCOP(=O)(O)O. The Balaban J connectivity index is 3.12. The number of phosphoric ester groups is 1. The van der Waals surface area contributed by atoms with Gasteiger partial charge in [-0.15, -0.1) is 0 Å². The van der Waals surface area contributed by atoms with Gasteiger partial charge >= 0.3 is 13.8 Å². The van der Waals surface area contributed by atoms with E-state index in [-0.39, 0.29) is 12.6 Å². The van der Waals surface area contributed by atoms with Gasteiger partial charge in [0.05, 0.1) is 13.2 Å². The minimum Gasteiger partial charge on any atom is -0.463 e. The van der Waals surface area contributed by atoms with Crippen molar-refractivity contribution in [2.24, 2.45) is 0 Å². The topological polar surface area (TPSA) is 93.1 Å². The van der Waals surface area contributed by atoms with Crippen molar-refractivity contribution < 1.29 is 28.4 Å². The summed E-state index contributed by atoms with van der Waals surface area (Å²) in [5.41, 5.74) is 0. The second-order valence-electron chi connectivity index (χ2n) is 6.23. The molecule has 0 saturated carbocycles. The maximum Gasteiger partial charge on any atom is 0.469 e. The van der Waals surface area contributed by atoms with E-state index < -0.39 is 7.82 Å². The van der Waals surface area contributed by atoms with Crippen LogP contribution in [0.3, 0.4) is 0 Å². The number of esters is 1. The Morgan fingerprint density at radius 3 is 1.60 bits per heavy atom. The molecule has 2 N–H and O–H groups in total. The van der Waals surface area contributed by atoms with Crippen LogP contribution in [0, 0.1) is 0 Å². The summed E-state index contributed by atoms with van der Waals surface area (Å²) in [6.07, 6.45) is 16.5. The van der Waals surface area contributed by atoms with Crippen molar-refractivity contribution in [3.05, 3.63) is 12.2 Å². The fraction of sp³-hybridized carbons (Fsp3) is 0.833. The number of hydrogen-bond donors (Lipinski definition) is 2. The number of carbonyl (C=O) groups excluding carboxylic acids is 1. The van der Waals surface area contributed by atoms with Gasteiger partial charge in [0.15, 0.2) is 0 Å². The highest BCUT2D eigenvalue weighted by atomic mass is 31.2. The molecule has 0 bridgehead atoms. The quantitative estimate of drug-likeness (QED) is 0.162. The van der Waals surface area contributed by atoms with Crippen LogP contribution < -0.4 is 0 Å². The third-order valence-corrected chi connectivity index (χ3v) is 4.36. The van der Waals surface area contributed by atoms with Crippen LogP contribution in [-0.4, -0.2) is 29.0 Å². The smallest absolute Gasteiger partial charge is 0.463 e. The average Bonchev–Trinajstić information content (AvgIpc) is 2.53. The molecule has 0 aromatic heterocycles. The van der Waals surface area contributed by atoms with Crippen LogP contribution in [0.25, 0.3) is 0 Å². The highest BCUT2D eigenvalue weighted by Gasteiger charge is 2.12. The molecule has 0 amide bonds. The molecule has 0 fully saturated rings. The van der Waals surface area contributed by atoms with Gasteiger partial charge in [-0.25, -0.2) is 9.36 Å². The third-order valence-electron chi connectivity index (χ3n) is 3.85. The van der Waals surface area contributed by atoms with Gasteiger partial charge in [0, 0.05) is 6.08 Å². The summed E-state index contributed by atoms with van der Waals surface area (Å²) in [6.45, 7) is 2.45. The highest BCUT2D eigenvalue weighted by Crippen LogP contribution is 2.35. The Labute approximate surface area is 152 Å². The third kappa shape index (κ3) is 21.3. The van der Waals surface area contributed by atoms with E-state index in [1.807, 2.05) is 0 Å². The second kappa shape index (κ2) is 16.8. The van der Waals surface area contributed by atoms with E-state index in [0.717, 1.165) is 25.7 Å². The summed E-state index contributed by atoms with van der Waals surface area (Å²) in [7, 11) is -4.28. The van der Waals surface area contributed by atoms with E-state index in [1.54, 1.807) is 13.0 Å². The van der Waals surface area contributed by atoms with Crippen LogP contribution in [-0.2, 0) is 18.6 Å². The molecule has 148 valence electrons. The molecule has 7 heteroatoms. The lowest BCUT2D eigenvalue weighted by atomic mass is 10.1. The average molecular weight is 378 g/mol. The van der Waals surface area contributed by atoms with Crippen molar-refractivity contribution in [1.29, 1.82) is 0 Å². The minimum absolute atomic E-state index is 0.138. The fourth-order valence-corrected chi connectivity index (χ4v) is 2.88. The molecule has 0 rings (SSSR count). The zero-order valence-corrected chi connectivity index (χ0v) is 16.4. The van der Waals surface area contributed by atoms with Crippen molar-refractivity contribution in [3.8, 4) is 0 Å². The summed E-state index contributed by atoms with van der Waals surface area (Å²) < 4.78 is 19.9. The summed E-state index contributed by atoms with van der Waals surface area (Å²) in [4.78, 5) is 28.1. The maximum atomic E-state index is 11.1. The van der Waals surface area contributed by atoms with Gasteiger partial charge in [-0.05, 0) is 19.8 Å². The molecule has 0 aromatic rings. The number of rotatable bonds is 17. The standard InChI is InChI=1S/C18H35O6P/c1-2-15-18(19)23-16-13-11-9-7-5-3-4-6-8-10-12-14-17-24-25(20,21)22/h2,15H,3-14,16-17H2,1H3,(H2,20,21,22). The first-order valence-electron chi connectivity index (χ1n) is 9.45. The van der Waals surface area contributed by atoms with Crippen molar-refractivity contribution in [3.63, 3.8) is 0 Å². The number of allylic oxidation sites excluding steroid dienone is 1. The van der Waals surface area contributed by atoms with Crippen LogP contribution in [0.4, 0.5) is 0 Å². The van der Waals surface area contributed by atoms with Gasteiger partial charge in [-0.2, -0.15) is 0 Å². The van der Waals surface area contributed by atoms with E-state index in [2.05, 4.69) is 4.52 Å². The number of phosphoric acid groups is 1. The van der Waals surface area contributed by atoms with Gasteiger partial charge in [0.2, 0.25) is 0 Å². The maximum absolute atomic E-state index is 11.1. The Morgan fingerprint density at radius 1 is 0.800 bits per heavy atom. The van der Waals surface area contributed by atoms with Gasteiger partial charge < -0.3 is 14.5 Å². The largest absolute Gasteiger partial charge is 0.469 e. The molecule has 0 radical (unpaired) electrons. The lowest BCUT2D eigenvalue weighted by Crippen LogP contribution is -2.01. The van der Waals surface area contributed by atoms with Crippen LogP contribution in [0.2, 0.25) is 0 Å². The number of ether oxygens (including phenoxy) is 1. The Hall–Kier alpha value is -0.680. The predicted molar refractivity (Wildman–Crippen MR) is 99.2 cm³/mol. The molecular weight excluding hydrogens is 343 g/mol. The molecule has 0 aromatic carbocycles. The highest BCUT2D eigenvalue weighted by molar-refractivity contribution is 7.46. The van der Waals surface area contributed by atoms with Crippen molar-refractivity contribution in [1.82, 2.24) is 0 Å². The van der Waals surface area contributed by atoms with Crippen LogP contribution in [0.1, 0.15) is 84.0 Å². The zero-order chi connectivity index (χ0) is 18.8. The Kier molecular flexibility index (Phi) is 16.3. The minimum atomic E-state index is -4.28. The van der Waals surface area contributed by atoms with Crippen molar-refractivity contribution in [2.75, 3.05) is 13.2 Å². The molecule has 6 nitrogen and oxygen atoms in total. The predicted octanol–water partition coefficient (Wildman–Crippen LogP) is 4.90. The first-order valence-corrected chi connectivity index (χ1v) is 11.0. The summed E-state index contributed by atoms with van der Waals surface area (Å²) >= 11 is 0. The van der Waals surface area contributed by atoms with Gasteiger partial charge in [-0.3, -0.25) is 4.52 Å². The Bertz CT molecular complexity index is 391. The number of carbonyl (C=O) groups is 1. The Morgan fingerprint density at radius 2 is 1.20 bits per heavy atom. The van der Waals surface area contributed by atoms with E-state index in [0.29, 0.717) is 13.0 Å². The van der Waals surface area contributed by atoms with Gasteiger partial charge in [0.25, 0.3) is 0 Å². The van der Waals surface area contributed by atoms with Crippen molar-refractivity contribution >= 4 is 13.8 Å².